The molecule has 0 aliphatic heterocycles. The standard InChI is InChI=1S/C54H36N2OSi/c1-4-18-38(19-5-1)58(39-20-6-2-7-21-39,40-22-8-3-9-23-40)41-34-32-37(33-35-41)55-47-28-14-12-26-44(47)46-36-50(54-52(53(46)55)45-27-13-17-31-51(45)57-54)56-48-29-15-10-24-42(48)43-25-11-16-30-49(43)56/h1-36H/i1D,2D,3D,4D,5D,6D,7D,8D,9D,18D,19D,20D,21D,22D,23D,32D,33D,34D,35D. The van der Waals surface area contributed by atoms with E-state index in [0.29, 0.717) is 49.4 Å². The zero-order valence-corrected chi connectivity index (χ0v) is 31.1. The molecule has 0 amide bonds. The van der Waals surface area contributed by atoms with Crippen LogP contribution in [0.15, 0.2) is 222 Å². The Labute approximate surface area is 363 Å². The van der Waals surface area contributed by atoms with E-state index in [1.165, 1.54) is 0 Å². The molecule has 0 saturated carbocycles. The fourth-order valence-electron chi connectivity index (χ4n) is 8.57. The van der Waals surface area contributed by atoms with Gasteiger partial charge in [-0.2, -0.15) is 0 Å². The predicted octanol–water partition coefficient (Wildman–Crippen LogP) is 11.2. The average molecular weight is 776 g/mol. The molecule has 0 N–H and O–H groups in total. The molecule has 0 atom stereocenters. The topological polar surface area (TPSA) is 23.0 Å². The molecule has 3 heterocycles. The summed E-state index contributed by atoms with van der Waals surface area (Å²) in [7, 11) is -6.08. The second-order valence-corrected chi connectivity index (χ2v) is 17.3. The van der Waals surface area contributed by atoms with Crippen LogP contribution >= 0.6 is 0 Å². The van der Waals surface area contributed by atoms with Crippen molar-refractivity contribution in [2.45, 2.75) is 0 Å². The number of hydrogen-bond acceptors (Lipinski definition) is 1. The van der Waals surface area contributed by atoms with Gasteiger partial charge in [0.05, 0.1) is 59.2 Å². The number of para-hydroxylation sites is 4. The molecule has 0 fully saturated rings. The molecule has 4 heteroatoms. The number of aromatic nitrogens is 2. The SMILES string of the molecule is [2H]c1c([2H])c([2H])c([Si](c2c([2H])c([2H])c([2H])c([2H])c2[2H])(c2c([2H])c([2H])c([2H])c([2H])c2[2H])c2c([2H])c([2H])c(-n3c4ccccc4c4cc(-n5c6ccccc6c6ccccc65)c5oc6ccccc6c5c43)c([2H])c2[2H])c([2H])c1[2H]. The van der Waals surface area contributed by atoms with Gasteiger partial charge in [-0.3, -0.25) is 0 Å². The Kier molecular flexibility index (Phi) is 4.23. The van der Waals surface area contributed by atoms with E-state index in [-0.39, 0.29) is 5.69 Å². The van der Waals surface area contributed by atoms with Crippen LogP contribution in [0.5, 0.6) is 0 Å². The van der Waals surface area contributed by atoms with E-state index in [2.05, 4.69) is 4.57 Å². The minimum absolute atomic E-state index is 0.378. The number of benzene rings is 9. The maximum absolute atomic E-state index is 10.3. The fourth-order valence-corrected chi connectivity index (χ4v) is 12.1. The zero-order chi connectivity index (χ0) is 54.7. The molecule has 12 rings (SSSR count). The van der Waals surface area contributed by atoms with Crippen LogP contribution in [0.3, 0.4) is 0 Å². The highest BCUT2D eigenvalue weighted by Crippen LogP contribution is 2.45. The van der Waals surface area contributed by atoms with E-state index in [9.17, 15) is 13.7 Å². The number of rotatable bonds is 6. The second-order valence-electron chi connectivity index (χ2n) is 13.8. The van der Waals surface area contributed by atoms with E-state index in [1.54, 1.807) is 22.8 Å². The van der Waals surface area contributed by atoms with Crippen molar-refractivity contribution < 1.29 is 30.5 Å². The van der Waals surface area contributed by atoms with Gasteiger partial charge in [0, 0.05) is 32.6 Å². The molecule has 58 heavy (non-hydrogen) atoms. The first-order valence-electron chi connectivity index (χ1n) is 27.9. The van der Waals surface area contributed by atoms with Gasteiger partial charge in [-0.15, -0.1) is 0 Å². The van der Waals surface area contributed by atoms with Gasteiger partial charge >= 0.3 is 0 Å². The quantitative estimate of drug-likeness (QED) is 0.122. The van der Waals surface area contributed by atoms with Crippen molar-refractivity contribution in [3.8, 4) is 11.4 Å². The average Bonchev–Trinajstić information content (AvgIpc) is 3.89. The summed E-state index contributed by atoms with van der Waals surface area (Å²) in [6.45, 7) is 0. The van der Waals surface area contributed by atoms with Gasteiger partial charge in [-0.1, -0.05) is 176 Å². The Morgan fingerprint density at radius 3 is 1.38 bits per heavy atom. The first kappa shape index (κ1) is 19.2. The van der Waals surface area contributed by atoms with Gasteiger partial charge in [0.2, 0.25) is 0 Å². The molecule has 0 unspecified atom stereocenters. The third-order valence-corrected chi connectivity index (χ3v) is 14.9. The van der Waals surface area contributed by atoms with Crippen LogP contribution in [0.1, 0.15) is 26.0 Å². The summed E-state index contributed by atoms with van der Waals surface area (Å²) >= 11 is 0. The molecule has 0 radical (unpaired) electrons. The van der Waals surface area contributed by atoms with E-state index in [1.807, 2.05) is 84.9 Å². The van der Waals surface area contributed by atoms with E-state index >= 15 is 0 Å². The normalized spacial score (nSPS) is 16.7. The van der Waals surface area contributed by atoms with Crippen molar-refractivity contribution in [1.82, 2.24) is 9.13 Å². The van der Waals surface area contributed by atoms with E-state index in [4.69, 9.17) is 16.8 Å². The van der Waals surface area contributed by atoms with Crippen molar-refractivity contribution in [2.75, 3.05) is 0 Å². The van der Waals surface area contributed by atoms with Gasteiger partial charge in [0.15, 0.2) is 13.7 Å². The lowest BCUT2D eigenvalue weighted by Gasteiger charge is -2.34. The second kappa shape index (κ2) is 12.8. The Bertz CT molecular complexity index is 4320. The van der Waals surface area contributed by atoms with Crippen LogP contribution in [-0.4, -0.2) is 17.2 Å². The predicted molar refractivity (Wildman–Crippen MR) is 246 cm³/mol. The summed E-state index contributed by atoms with van der Waals surface area (Å²) < 4.78 is 188. The van der Waals surface area contributed by atoms with Gasteiger partial charge in [-0.05, 0) is 63.2 Å². The smallest absolute Gasteiger partial charge is 0.179 e. The summed E-state index contributed by atoms with van der Waals surface area (Å²) in [5.41, 5.74) is 3.67. The minimum Gasteiger partial charge on any atom is -0.454 e. The van der Waals surface area contributed by atoms with Crippen LogP contribution in [0, 0.1) is 0 Å². The first-order chi connectivity index (χ1) is 36.7. The van der Waals surface area contributed by atoms with Crippen molar-refractivity contribution in [1.29, 1.82) is 0 Å². The Hall–Kier alpha value is -7.40. The highest BCUT2D eigenvalue weighted by molar-refractivity contribution is 7.19. The third kappa shape index (κ3) is 4.61. The van der Waals surface area contributed by atoms with Crippen LogP contribution < -0.4 is 20.7 Å². The van der Waals surface area contributed by atoms with Gasteiger partial charge in [0.25, 0.3) is 0 Å². The maximum atomic E-state index is 10.3. The van der Waals surface area contributed by atoms with Crippen molar-refractivity contribution in [3.05, 3.63) is 218 Å². The lowest BCUT2D eigenvalue weighted by molar-refractivity contribution is 0.666. The fraction of sp³-hybridized carbons (Fsp3) is 0. The number of hydrogen-bond donors (Lipinski definition) is 0. The molecule has 0 bridgehead atoms. The summed E-state index contributed by atoms with van der Waals surface area (Å²) in [4.78, 5) is 0. The molecule has 3 nitrogen and oxygen atoms in total. The van der Waals surface area contributed by atoms with Crippen molar-refractivity contribution in [2.24, 2.45) is 0 Å². The monoisotopic (exact) mass is 775 g/mol. The van der Waals surface area contributed by atoms with Gasteiger partial charge < -0.3 is 13.6 Å². The summed E-state index contributed by atoms with van der Waals surface area (Å²) in [6, 6.07) is 12.9. The zero-order valence-electron chi connectivity index (χ0n) is 49.1. The number of nitrogens with zero attached hydrogens (tertiary/aromatic N) is 2. The molecule has 0 saturated heterocycles. The van der Waals surface area contributed by atoms with E-state index < -0.39 is 144 Å². The highest BCUT2D eigenvalue weighted by atomic mass is 28.3. The molecule has 0 spiro atoms. The molecule has 3 aromatic heterocycles. The molecule has 0 aliphatic rings. The summed E-state index contributed by atoms with van der Waals surface area (Å²) in [6.07, 6.45) is 0. The van der Waals surface area contributed by atoms with Gasteiger partial charge in [-0.25, -0.2) is 0 Å². The first-order valence-corrected chi connectivity index (χ1v) is 20.4. The van der Waals surface area contributed by atoms with Crippen LogP contribution in [0.4, 0.5) is 0 Å². The van der Waals surface area contributed by atoms with Crippen LogP contribution in [-0.2, 0) is 0 Å². The molecular weight excluding hydrogens is 721 g/mol. The number of furan rings is 1. The summed E-state index contributed by atoms with van der Waals surface area (Å²) in [5.74, 6) is 0. The third-order valence-electron chi connectivity index (χ3n) is 10.9. The minimum atomic E-state index is -6.08. The lowest BCUT2D eigenvalue weighted by atomic mass is 10.1. The molecule has 272 valence electrons. The Morgan fingerprint density at radius 2 is 0.845 bits per heavy atom. The molecule has 9 aromatic carbocycles. The summed E-state index contributed by atoms with van der Waals surface area (Å²) in [5, 5.41) is 0.607. The van der Waals surface area contributed by atoms with E-state index in [0.717, 1.165) is 21.8 Å². The molecule has 0 aliphatic carbocycles. The molecular formula is C54H36N2OSi. The lowest BCUT2D eigenvalue weighted by Crippen LogP contribution is -2.74. The Morgan fingerprint density at radius 1 is 0.414 bits per heavy atom. The number of fused-ring (bicyclic) bond motifs is 10. The van der Waals surface area contributed by atoms with Gasteiger partial charge in [0.1, 0.15) is 5.58 Å². The largest absolute Gasteiger partial charge is 0.454 e. The van der Waals surface area contributed by atoms with Crippen molar-refractivity contribution in [3.63, 3.8) is 0 Å². The highest BCUT2D eigenvalue weighted by Gasteiger charge is 2.41. The maximum Gasteiger partial charge on any atom is 0.179 e. The van der Waals surface area contributed by atoms with Crippen LogP contribution in [0.25, 0.3) is 76.9 Å². The Balaban J connectivity index is 1.31. The van der Waals surface area contributed by atoms with Crippen LogP contribution in [0.2, 0.25) is 0 Å². The molecule has 12 aromatic rings. The van der Waals surface area contributed by atoms with Crippen molar-refractivity contribution >= 4 is 94.4 Å².